The van der Waals surface area contributed by atoms with Crippen molar-refractivity contribution in [1.29, 1.82) is 0 Å². The Morgan fingerprint density at radius 1 is 1.45 bits per heavy atom. The summed E-state index contributed by atoms with van der Waals surface area (Å²) < 4.78 is 1.84. The molecule has 0 saturated carbocycles. The molecule has 2 unspecified atom stereocenters. The summed E-state index contributed by atoms with van der Waals surface area (Å²) >= 11 is 0. The fraction of sp³-hybridized carbons (Fsp3) is 0.800. The van der Waals surface area contributed by atoms with Crippen LogP contribution in [0.3, 0.4) is 0 Å². The number of carbonyl (C=O) groups excluding carboxylic acids is 1. The van der Waals surface area contributed by atoms with E-state index in [2.05, 4.69) is 34.8 Å². The van der Waals surface area contributed by atoms with E-state index in [-0.39, 0.29) is 24.4 Å². The van der Waals surface area contributed by atoms with Crippen LogP contribution in [-0.2, 0) is 0 Å². The molecule has 0 radical (unpaired) electrons. The smallest absolute Gasteiger partial charge is 0.273 e. The molecule has 0 aromatic carbocycles. The number of hydrogen-bond acceptors (Lipinski definition) is 4. The van der Waals surface area contributed by atoms with Crippen molar-refractivity contribution in [3.63, 3.8) is 0 Å². The Kier molecular flexibility index (Phi) is 7.82. The molecule has 6 nitrogen and oxygen atoms in total. The average Bonchev–Trinajstić information content (AvgIpc) is 2.97. The lowest BCUT2D eigenvalue weighted by atomic mass is 10.0. The minimum atomic E-state index is -0.119. The first-order valence-electron chi connectivity index (χ1n) is 8.03. The van der Waals surface area contributed by atoms with Gasteiger partial charge in [0.25, 0.3) is 5.91 Å². The van der Waals surface area contributed by atoms with Crippen molar-refractivity contribution in [2.75, 3.05) is 13.1 Å². The number of piperidine rings is 1. The molecule has 2 atom stereocenters. The Morgan fingerprint density at radius 2 is 2.14 bits per heavy atom. The molecule has 2 heterocycles. The molecular weight excluding hydrogens is 302 g/mol. The third-order valence-corrected chi connectivity index (χ3v) is 4.26. The summed E-state index contributed by atoms with van der Waals surface area (Å²) in [6.07, 6.45) is 5.97. The zero-order valence-corrected chi connectivity index (χ0v) is 14.5. The summed E-state index contributed by atoms with van der Waals surface area (Å²) in [4.78, 5) is 12.2. The molecule has 0 bridgehead atoms. The number of amides is 1. The van der Waals surface area contributed by atoms with Crippen LogP contribution in [0.15, 0.2) is 6.20 Å². The number of rotatable bonds is 6. The highest BCUT2D eigenvalue weighted by Crippen LogP contribution is 2.17. The Balaban J connectivity index is 0.00000242. The molecule has 1 aliphatic rings. The van der Waals surface area contributed by atoms with Gasteiger partial charge in [0, 0.05) is 6.04 Å². The van der Waals surface area contributed by atoms with E-state index in [1.165, 1.54) is 0 Å². The third kappa shape index (κ3) is 5.25. The van der Waals surface area contributed by atoms with Crippen LogP contribution in [-0.4, -0.2) is 40.0 Å². The molecule has 1 aromatic rings. The lowest BCUT2D eigenvalue weighted by molar-refractivity contribution is 0.0930. The van der Waals surface area contributed by atoms with Crippen molar-refractivity contribution in [1.82, 2.24) is 25.6 Å². The standard InChI is InChI=1S/C15H27N5O.ClH/c1-4-11(2)9-12(3)17-15(21)14-10-20(19-18-14)13-5-7-16-8-6-13;/h10-13,16H,4-9H2,1-3H3,(H,17,21);1H. The lowest BCUT2D eigenvalue weighted by Gasteiger charge is -2.22. The van der Waals surface area contributed by atoms with Crippen molar-refractivity contribution in [2.24, 2.45) is 5.92 Å². The predicted octanol–water partition coefficient (Wildman–Crippen LogP) is 2.18. The van der Waals surface area contributed by atoms with Crippen molar-refractivity contribution in [3.05, 3.63) is 11.9 Å². The van der Waals surface area contributed by atoms with E-state index in [4.69, 9.17) is 0 Å². The van der Waals surface area contributed by atoms with Crippen molar-refractivity contribution >= 4 is 18.3 Å². The SMILES string of the molecule is CCC(C)CC(C)NC(=O)c1cn(C2CCNCC2)nn1.Cl. The van der Waals surface area contributed by atoms with Crippen molar-refractivity contribution < 1.29 is 4.79 Å². The molecule has 1 aliphatic heterocycles. The van der Waals surface area contributed by atoms with Gasteiger partial charge in [-0.05, 0) is 45.2 Å². The summed E-state index contributed by atoms with van der Waals surface area (Å²) in [5.41, 5.74) is 0.421. The predicted molar refractivity (Wildman–Crippen MR) is 89.4 cm³/mol. The van der Waals surface area contributed by atoms with Crippen LogP contribution in [0.1, 0.15) is 63.0 Å². The molecule has 126 valence electrons. The van der Waals surface area contributed by atoms with Crippen LogP contribution in [0.25, 0.3) is 0 Å². The van der Waals surface area contributed by atoms with E-state index in [1.54, 1.807) is 6.20 Å². The summed E-state index contributed by atoms with van der Waals surface area (Å²) in [6.45, 7) is 8.41. The average molecular weight is 330 g/mol. The molecule has 22 heavy (non-hydrogen) atoms. The zero-order valence-electron chi connectivity index (χ0n) is 13.7. The topological polar surface area (TPSA) is 71.8 Å². The number of nitrogens with one attached hydrogen (secondary N) is 2. The first kappa shape index (κ1) is 18.9. The normalized spacial score (nSPS) is 18.3. The maximum absolute atomic E-state index is 12.2. The second-order valence-corrected chi connectivity index (χ2v) is 6.19. The van der Waals surface area contributed by atoms with Crippen LogP contribution >= 0.6 is 12.4 Å². The largest absolute Gasteiger partial charge is 0.348 e. The van der Waals surface area contributed by atoms with Gasteiger partial charge >= 0.3 is 0 Å². The molecule has 1 amide bonds. The quantitative estimate of drug-likeness (QED) is 0.839. The van der Waals surface area contributed by atoms with Gasteiger partial charge in [0.2, 0.25) is 0 Å². The molecule has 1 saturated heterocycles. The van der Waals surface area contributed by atoms with Gasteiger partial charge in [-0.15, -0.1) is 17.5 Å². The van der Waals surface area contributed by atoms with Gasteiger partial charge < -0.3 is 10.6 Å². The lowest BCUT2D eigenvalue weighted by Crippen LogP contribution is -2.34. The first-order valence-corrected chi connectivity index (χ1v) is 8.03. The summed E-state index contributed by atoms with van der Waals surface area (Å²) in [7, 11) is 0. The Labute approximate surface area is 138 Å². The molecule has 2 rings (SSSR count). The van der Waals surface area contributed by atoms with E-state index in [9.17, 15) is 4.79 Å². The second kappa shape index (κ2) is 9.10. The van der Waals surface area contributed by atoms with Crippen LogP contribution in [0, 0.1) is 5.92 Å². The Bertz CT molecular complexity index is 459. The number of halogens is 1. The van der Waals surface area contributed by atoms with Crippen LogP contribution in [0.4, 0.5) is 0 Å². The summed E-state index contributed by atoms with van der Waals surface area (Å²) in [5.74, 6) is 0.497. The Hall–Kier alpha value is -1.14. The number of hydrogen-bond donors (Lipinski definition) is 2. The van der Waals surface area contributed by atoms with Gasteiger partial charge in [-0.25, -0.2) is 4.68 Å². The van der Waals surface area contributed by atoms with E-state index in [0.29, 0.717) is 17.7 Å². The van der Waals surface area contributed by atoms with Crippen molar-refractivity contribution in [3.8, 4) is 0 Å². The zero-order chi connectivity index (χ0) is 15.2. The van der Waals surface area contributed by atoms with Gasteiger partial charge in [-0.2, -0.15) is 0 Å². The first-order chi connectivity index (χ1) is 10.1. The Morgan fingerprint density at radius 3 is 2.77 bits per heavy atom. The fourth-order valence-corrected chi connectivity index (χ4v) is 2.76. The van der Waals surface area contributed by atoms with Crippen LogP contribution in [0.5, 0.6) is 0 Å². The molecule has 7 heteroatoms. The van der Waals surface area contributed by atoms with Gasteiger partial charge in [0.05, 0.1) is 12.2 Å². The molecule has 0 spiro atoms. The van der Waals surface area contributed by atoms with Gasteiger partial charge in [-0.3, -0.25) is 4.79 Å². The van der Waals surface area contributed by atoms with Gasteiger partial charge in [0.1, 0.15) is 0 Å². The van der Waals surface area contributed by atoms with Gasteiger partial charge in [-0.1, -0.05) is 25.5 Å². The summed E-state index contributed by atoms with van der Waals surface area (Å²) in [6, 6.07) is 0.523. The molecule has 1 fully saturated rings. The number of carbonyl (C=O) groups is 1. The van der Waals surface area contributed by atoms with E-state index < -0.39 is 0 Å². The van der Waals surface area contributed by atoms with E-state index >= 15 is 0 Å². The second-order valence-electron chi connectivity index (χ2n) is 6.19. The number of nitrogens with zero attached hydrogens (tertiary/aromatic N) is 3. The van der Waals surface area contributed by atoms with Crippen LogP contribution < -0.4 is 10.6 Å². The highest BCUT2D eigenvalue weighted by atomic mass is 35.5. The highest BCUT2D eigenvalue weighted by Gasteiger charge is 2.19. The minimum absolute atomic E-state index is 0. The van der Waals surface area contributed by atoms with E-state index in [1.807, 2.05) is 11.6 Å². The highest BCUT2D eigenvalue weighted by molar-refractivity contribution is 5.92. The number of aromatic nitrogens is 3. The minimum Gasteiger partial charge on any atom is -0.348 e. The maximum Gasteiger partial charge on any atom is 0.273 e. The summed E-state index contributed by atoms with van der Waals surface area (Å²) in [5, 5.41) is 14.5. The fourth-order valence-electron chi connectivity index (χ4n) is 2.76. The van der Waals surface area contributed by atoms with Crippen molar-refractivity contribution in [2.45, 2.75) is 58.5 Å². The molecule has 2 N–H and O–H groups in total. The monoisotopic (exact) mass is 329 g/mol. The maximum atomic E-state index is 12.2. The van der Waals surface area contributed by atoms with Gasteiger partial charge in [0.15, 0.2) is 5.69 Å². The molecular formula is C15H28ClN5O. The van der Waals surface area contributed by atoms with Crippen LogP contribution in [0.2, 0.25) is 0 Å². The third-order valence-electron chi connectivity index (χ3n) is 4.26. The molecule has 1 aromatic heterocycles. The molecule has 0 aliphatic carbocycles. The van der Waals surface area contributed by atoms with E-state index in [0.717, 1.165) is 38.8 Å².